The maximum atomic E-state index is 11.7. The van der Waals surface area contributed by atoms with Gasteiger partial charge in [-0.2, -0.15) is 0 Å². The van der Waals surface area contributed by atoms with Crippen molar-refractivity contribution < 1.29 is 4.79 Å². The Morgan fingerprint density at radius 3 is 2.42 bits per heavy atom. The maximum absolute atomic E-state index is 11.7. The second kappa shape index (κ2) is 6.49. The van der Waals surface area contributed by atoms with Crippen LogP contribution in [0, 0.1) is 6.92 Å². The summed E-state index contributed by atoms with van der Waals surface area (Å²) in [6.45, 7) is 5.59. The largest absolute Gasteiger partial charge is 0.397 e. The molecular formula is C19H21N5OS. The van der Waals surface area contributed by atoms with E-state index in [0.29, 0.717) is 10.6 Å². The molecule has 1 aliphatic rings. The third kappa shape index (κ3) is 2.84. The zero-order valence-corrected chi connectivity index (χ0v) is 15.4. The number of amides is 1. The van der Waals surface area contributed by atoms with Gasteiger partial charge in [-0.15, -0.1) is 11.3 Å². The van der Waals surface area contributed by atoms with Crippen molar-refractivity contribution in [2.75, 3.05) is 41.7 Å². The van der Waals surface area contributed by atoms with Crippen LogP contribution in [-0.2, 0) is 0 Å². The molecule has 2 aromatic heterocycles. The van der Waals surface area contributed by atoms with Gasteiger partial charge in [-0.3, -0.25) is 4.79 Å². The molecule has 0 radical (unpaired) electrons. The van der Waals surface area contributed by atoms with E-state index in [1.807, 2.05) is 19.1 Å². The van der Waals surface area contributed by atoms with Crippen LogP contribution in [0.2, 0.25) is 0 Å². The normalized spacial score (nSPS) is 14.8. The number of para-hydroxylation sites is 1. The number of hydrogen-bond donors (Lipinski definition) is 2. The van der Waals surface area contributed by atoms with Crippen LogP contribution in [0.1, 0.15) is 15.4 Å². The van der Waals surface area contributed by atoms with Gasteiger partial charge >= 0.3 is 0 Å². The maximum Gasteiger partial charge on any atom is 0.260 e. The van der Waals surface area contributed by atoms with Crippen molar-refractivity contribution in [3.8, 4) is 0 Å². The molecule has 134 valence electrons. The quantitative estimate of drug-likeness (QED) is 0.743. The third-order valence-corrected chi connectivity index (χ3v) is 5.89. The predicted molar refractivity (Wildman–Crippen MR) is 108 cm³/mol. The molecular weight excluding hydrogens is 346 g/mol. The molecule has 0 saturated carbocycles. The first-order valence-electron chi connectivity index (χ1n) is 8.59. The van der Waals surface area contributed by atoms with Crippen molar-refractivity contribution in [3.05, 3.63) is 47.0 Å². The summed E-state index contributed by atoms with van der Waals surface area (Å²) in [4.78, 5) is 22.1. The first kappa shape index (κ1) is 16.7. The van der Waals surface area contributed by atoms with Gasteiger partial charge in [0.15, 0.2) is 0 Å². The Bertz CT molecular complexity index is 961. The number of primary amides is 1. The van der Waals surface area contributed by atoms with Crippen molar-refractivity contribution >= 4 is 44.5 Å². The second-order valence-electron chi connectivity index (χ2n) is 6.48. The van der Waals surface area contributed by atoms with Crippen molar-refractivity contribution in [2.24, 2.45) is 5.73 Å². The van der Waals surface area contributed by atoms with Crippen LogP contribution in [0.3, 0.4) is 0 Å². The van der Waals surface area contributed by atoms with E-state index in [2.05, 4.69) is 39.0 Å². The Kier molecular flexibility index (Phi) is 4.16. The molecule has 3 heterocycles. The van der Waals surface area contributed by atoms with E-state index >= 15 is 0 Å². The number of carbonyl (C=O) groups excluding carboxylic acids is 1. The molecule has 1 fully saturated rings. The SMILES string of the molecule is Cc1cc(N2CCN(c3ccccc3)CC2)c2c(N)c(C(N)=O)sc2n1. The van der Waals surface area contributed by atoms with E-state index in [4.69, 9.17) is 11.5 Å². The first-order valence-corrected chi connectivity index (χ1v) is 9.40. The van der Waals surface area contributed by atoms with Crippen LogP contribution in [0.4, 0.5) is 17.1 Å². The Morgan fingerprint density at radius 2 is 1.77 bits per heavy atom. The van der Waals surface area contributed by atoms with Gasteiger partial charge in [0, 0.05) is 37.6 Å². The first-order chi connectivity index (χ1) is 12.5. The molecule has 1 aromatic carbocycles. The zero-order valence-electron chi connectivity index (χ0n) is 14.6. The minimum absolute atomic E-state index is 0.391. The summed E-state index contributed by atoms with van der Waals surface area (Å²) >= 11 is 1.27. The minimum Gasteiger partial charge on any atom is -0.397 e. The lowest BCUT2D eigenvalue weighted by Gasteiger charge is -2.37. The lowest BCUT2D eigenvalue weighted by atomic mass is 10.1. The molecule has 1 aliphatic heterocycles. The topological polar surface area (TPSA) is 88.5 Å². The molecule has 26 heavy (non-hydrogen) atoms. The van der Waals surface area contributed by atoms with Crippen LogP contribution in [0.25, 0.3) is 10.2 Å². The van der Waals surface area contributed by atoms with Gasteiger partial charge in [0.05, 0.1) is 16.8 Å². The highest BCUT2D eigenvalue weighted by Gasteiger charge is 2.24. The number of piperazine rings is 1. The number of aryl methyl sites for hydroxylation is 1. The lowest BCUT2D eigenvalue weighted by molar-refractivity contribution is 0.100. The average molecular weight is 367 g/mol. The lowest BCUT2D eigenvalue weighted by Crippen LogP contribution is -2.46. The number of hydrogen-bond acceptors (Lipinski definition) is 6. The van der Waals surface area contributed by atoms with E-state index in [0.717, 1.165) is 47.8 Å². The van der Waals surface area contributed by atoms with E-state index in [1.165, 1.54) is 17.0 Å². The van der Waals surface area contributed by atoms with Crippen molar-refractivity contribution in [1.82, 2.24) is 4.98 Å². The van der Waals surface area contributed by atoms with E-state index in [-0.39, 0.29) is 0 Å². The van der Waals surface area contributed by atoms with E-state index < -0.39 is 5.91 Å². The number of benzene rings is 1. The Hall–Kier alpha value is -2.80. The van der Waals surface area contributed by atoms with Gasteiger partial charge in [-0.05, 0) is 25.1 Å². The highest BCUT2D eigenvalue weighted by atomic mass is 32.1. The van der Waals surface area contributed by atoms with Gasteiger partial charge in [0.2, 0.25) is 0 Å². The number of aromatic nitrogens is 1. The fourth-order valence-electron chi connectivity index (χ4n) is 3.50. The zero-order chi connectivity index (χ0) is 18.3. The fourth-order valence-corrected chi connectivity index (χ4v) is 4.51. The Balaban J connectivity index is 1.66. The van der Waals surface area contributed by atoms with Gasteiger partial charge < -0.3 is 21.3 Å². The number of carbonyl (C=O) groups is 1. The van der Waals surface area contributed by atoms with Crippen molar-refractivity contribution in [3.63, 3.8) is 0 Å². The standard InChI is InChI=1S/C19H21N5OS/c1-12-11-14(15-16(20)17(18(21)25)26-19(15)22-12)24-9-7-23(8-10-24)13-5-3-2-4-6-13/h2-6,11H,7-10,20H2,1H3,(H2,21,25). The summed E-state index contributed by atoms with van der Waals surface area (Å²) in [5.41, 5.74) is 15.4. The van der Waals surface area contributed by atoms with Gasteiger partial charge in [-0.1, -0.05) is 18.2 Å². The number of nitrogens with two attached hydrogens (primary N) is 2. The Morgan fingerprint density at radius 1 is 1.12 bits per heavy atom. The molecule has 4 rings (SSSR count). The van der Waals surface area contributed by atoms with Gasteiger partial charge in [0.25, 0.3) is 5.91 Å². The van der Waals surface area contributed by atoms with Crippen LogP contribution < -0.4 is 21.3 Å². The van der Waals surface area contributed by atoms with Crippen LogP contribution in [-0.4, -0.2) is 37.1 Å². The molecule has 1 amide bonds. The molecule has 0 spiro atoms. The van der Waals surface area contributed by atoms with Crippen molar-refractivity contribution in [2.45, 2.75) is 6.92 Å². The summed E-state index contributed by atoms with van der Waals surface area (Å²) < 4.78 is 0. The van der Waals surface area contributed by atoms with Crippen LogP contribution in [0.15, 0.2) is 36.4 Å². The molecule has 0 unspecified atom stereocenters. The van der Waals surface area contributed by atoms with E-state index in [1.54, 1.807) is 0 Å². The number of nitrogen functional groups attached to an aromatic ring is 1. The number of anilines is 3. The highest BCUT2D eigenvalue weighted by molar-refractivity contribution is 7.21. The van der Waals surface area contributed by atoms with Crippen LogP contribution >= 0.6 is 11.3 Å². The minimum atomic E-state index is -0.497. The van der Waals surface area contributed by atoms with Crippen LogP contribution in [0.5, 0.6) is 0 Å². The second-order valence-corrected chi connectivity index (χ2v) is 7.48. The molecule has 7 heteroatoms. The fraction of sp³-hybridized carbons (Fsp3) is 0.263. The molecule has 0 atom stereocenters. The number of thiophene rings is 1. The number of fused-ring (bicyclic) bond motifs is 1. The molecule has 0 aliphatic carbocycles. The summed E-state index contributed by atoms with van der Waals surface area (Å²) in [5, 5.41) is 0.850. The Labute approximate surface area is 156 Å². The number of nitrogens with zero attached hydrogens (tertiary/aromatic N) is 3. The molecule has 4 N–H and O–H groups in total. The summed E-state index contributed by atoms with van der Waals surface area (Å²) in [6.07, 6.45) is 0. The monoisotopic (exact) mass is 367 g/mol. The third-order valence-electron chi connectivity index (χ3n) is 4.77. The number of pyridine rings is 1. The molecule has 0 bridgehead atoms. The molecule has 6 nitrogen and oxygen atoms in total. The molecule has 1 saturated heterocycles. The van der Waals surface area contributed by atoms with Gasteiger partial charge in [0.1, 0.15) is 9.71 Å². The highest BCUT2D eigenvalue weighted by Crippen LogP contribution is 2.39. The average Bonchev–Trinajstić information content (AvgIpc) is 2.99. The number of rotatable bonds is 3. The summed E-state index contributed by atoms with van der Waals surface area (Å²) in [7, 11) is 0. The summed E-state index contributed by atoms with van der Waals surface area (Å²) in [5.74, 6) is -0.497. The van der Waals surface area contributed by atoms with Gasteiger partial charge in [-0.25, -0.2) is 4.98 Å². The van der Waals surface area contributed by atoms with Crippen molar-refractivity contribution in [1.29, 1.82) is 0 Å². The van der Waals surface area contributed by atoms with E-state index in [9.17, 15) is 4.79 Å². The smallest absolute Gasteiger partial charge is 0.260 e. The predicted octanol–water partition coefficient (Wildman–Crippen LogP) is 2.61. The summed E-state index contributed by atoms with van der Waals surface area (Å²) in [6, 6.07) is 12.5. The molecule has 3 aromatic rings.